The van der Waals surface area contributed by atoms with Crippen LogP contribution in [-0.2, 0) is 4.74 Å². The SMILES string of the molecule is [N-]=[N+]=Nc1ccc(N2C[C@H](CO)OC2=O)cc1F. The van der Waals surface area contributed by atoms with E-state index in [1.165, 1.54) is 17.0 Å². The van der Waals surface area contributed by atoms with Crippen molar-refractivity contribution in [1.29, 1.82) is 0 Å². The number of cyclic esters (lactones) is 1. The summed E-state index contributed by atoms with van der Waals surface area (Å²) in [6, 6.07) is 3.78. The second-order valence-corrected chi connectivity index (χ2v) is 3.62. The Labute approximate surface area is 101 Å². The first-order valence-electron chi connectivity index (χ1n) is 5.09. The molecule has 94 valence electrons. The van der Waals surface area contributed by atoms with Gasteiger partial charge in [-0.3, -0.25) is 4.90 Å². The Hall–Kier alpha value is -2.31. The first-order valence-corrected chi connectivity index (χ1v) is 5.09. The molecule has 1 atom stereocenters. The molecule has 2 rings (SSSR count). The van der Waals surface area contributed by atoms with Crippen molar-refractivity contribution in [3.63, 3.8) is 0 Å². The molecule has 7 nitrogen and oxygen atoms in total. The van der Waals surface area contributed by atoms with Crippen molar-refractivity contribution in [1.82, 2.24) is 0 Å². The Morgan fingerprint density at radius 1 is 1.67 bits per heavy atom. The zero-order chi connectivity index (χ0) is 13.1. The van der Waals surface area contributed by atoms with Crippen LogP contribution in [-0.4, -0.2) is 30.5 Å². The van der Waals surface area contributed by atoms with Crippen LogP contribution in [0.4, 0.5) is 20.6 Å². The fourth-order valence-electron chi connectivity index (χ4n) is 1.62. The monoisotopic (exact) mass is 252 g/mol. The number of carbonyl (C=O) groups excluding carboxylic acids is 1. The van der Waals surface area contributed by atoms with Gasteiger partial charge in [0.1, 0.15) is 11.9 Å². The number of carbonyl (C=O) groups is 1. The van der Waals surface area contributed by atoms with Gasteiger partial charge in [-0.25, -0.2) is 9.18 Å². The van der Waals surface area contributed by atoms with Gasteiger partial charge < -0.3 is 9.84 Å². The summed E-state index contributed by atoms with van der Waals surface area (Å²) in [4.78, 5) is 15.1. The number of halogens is 1. The Kier molecular flexibility index (Phi) is 3.31. The van der Waals surface area contributed by atoms with Crippen LogP contribution in [0.15, 0.2) is 23.3 Å². The number of aliphatic hydroxyl groups is 1. The average molecular weight is 252 g/mol. The lowest BCUT2D eigenvalue weighted by Crippen LogP contribution is -2.25. The van der Waals surface area contributed by atoms with E-state index in [9.17, 15) is 9.18 Å². The number of benzene rings is 1. The van der Waals surface area contributed by atoms with Gasteiger partial charge in [0, 0.05) is 4.91 Å². The Balaban J connectivity index is 2.27. The zero-order valence-electron chi connectivity index (χ0n) is 9.15. The van der Waals surface area contributed by atoms with Gasteiger partial charge >= 0.3 is 6.09 Å². The molecule has 1 N–H and O–H groups in total. The fraction of sp³-hybridized carbons (Fsp3) is 0.300. The molecule has 1 amide bonds. The van der Waals surface area contributed by atoms with E-state index < -0.39 is 18.0 Å². The normalized spacial score (nSPS) is 18.4. The number of hydrogen-bond donors (Lipinski definition) is 1. The molecule has 8 heteroatoms. The van der Waals surface area contributed by atoms with Gasteiger partial charge in [-0.05, 0) is 23.7 Å². The minimum Gasteiger partial charge on any atom is -0.441 e. The van der Waals surface area contributed by atoms with Gasteiger partial charge in [-0.2, -0.15) is 0 Å². The number of nitrogens with zero attached hydrogens (tertiary/aromatic N) is 4. The van der Waals surface area contributed by atoms with Crippen LogP contribution in [0.2, 0.25) is 0 Å². The van der Waals surface area contributed by atoms with Crippen LogP contribution >= 0.6 is 0 Å². The van der Waals surface area contributed by atoms with E-state index in [1.807, 2.05) is 0 Å². The number of amides is 1. The number of hydrogen-bond acceptors (Lipinski definition) is 4. The standard InChI is InChI=1S/C10H9FN4O3/c11-8-3-6(1-2-9(8)13-14-12)15-4-7(5-16)18-10(15)17/h1-3,7,16H,4-5H2/t7-/m1/s1. The molecule has 1 aliphatic heterocycles. The molecule has 1 fully saturated rings. The van der Waals surface area contributed by atoms with Gasteiger partial charge in [-0.1, -0.05) is 5.11 Å². The van der Waals surface area contributed by atoms with Gasteiger partial charge in [0.2, 0.25) is 0 Å². The highest BCUT2D eigenvalue weighted by Crippen LogP contribution is 2.27. The number of ether oxygens (including phenoxy) is 1. The van der Waals surface area contributed by atoms with Crippen LogP contribution in [0.25, 0.3) is 10.4 Å². The lowest BCUT2D eigenvalue weighted by atomic mass is 10.2. The first-order chi connectivity index (χ1) is 8.65. The summed E-state index contributed by atoms with van der Waals surface area (Å²) in [5.74, 6) is -0.731. The second kappa shape index (κ2) is 4.91. The number of rotatable bonds is 3. The lowest BCUT2D eigenvalue weighted by Gasteiger charge is -2.13. The lowest BCUT2D eigenvalue weighted by molar-refractivity contribution is 0.0963. The number of azide groups is 1. The summed E-state index contributed by atoms with van der Waals surface area (Å²) < 4.78 is 18.3. The maximum atomic E-state index is 13.5. The molecule has 1 aromatic rings. The van der Waals surface area contributed by atoms with Gasteiger partial charge in [-0.15, -0.1) is 0 Å². The summed E-state index contributed by atoms with van der Waals surface area (Å²) in [5, 5.41) is 12.0. The molecule has 1 aliphatic rings. The Morgan fingerprint density at radius 2 is 2.44 bits per heavy atom. The largest absolute Gasteiger partial charge is 0.441 e. The summed E-state index contributed by atoms with van der Waals surface area (Å²) in [6.07, 6.45) is -1.26. The quantitative estimate of drug-likeness (QED) is 0.506. The van der Waals surface area contributed by atoms with Gasteiger partial charge in [0.25, 0.3) is 0 Å². The van der Waals surface area contributed by atoms with E-state index >= 15 is 0 Å². The Bertz CT molecular complexity index is 530. The molecule has 0 aromatic heterocycles. The maximum Gasteiger partial charge on any atom is 0.414 e. The van der Waals surface area contributed by atoms with E-state index in [1.54, 1.807) is 0 Å². The van der Waals surface area contributed by atoms with E-state index in [0.717, 1.165) is 6.07 Å². The molecular formula is C10H9FN4O3. The van der Waals surface area contributed by atoms with Crippen LogP contribution < -0.4 is 4.90 Å². The van der Waals surface area contributed by atoms with E-state index in [-0.39, 0.29) is 24.5 Å². The maximum absolute atomic E-state index is 13.5. The molecule has 0 bridgehead atoms. The van der Waals surface area contributed by atoms with Gasteiger partial charge in [0.15, 0.2) is 0 Å². The second-order valence-electron chi connectivity index (χ2n) is 3.62. The third-order valence-corrected chi connectivity index (χ3v) is 2.47. The molecule has 18 heavy (non-hydrogen) atoms. The van der Waals surface area contributed by atoms with Crippen molar-refractivity contribution in [2.24, 2.45) is 5.11 Å². The number of anilines is 1. The smallest absolute Gasteiger partial charge is 0.414 e. The molecular weight excluding hydrogens is 243 g/mol. The molecule has 0 saturated carbocycles. The summed E-state index contributed by atoms with van der Waals surface area (Å²) in [7, 11) is 0. The third-order valence-electron chi connectivity index (χ3n) is 2.47. The van der Waals surface area contributed by atoms with Crippen molar-refractivity contribution < 1.29 is 19.0 Å². The van der Waals surface area contributed by atoms with Crippen molar-refractivity contribution in [3.05, 3.63) is 34.5 Å². The summed E-state index contributed by atoms with van der Waals surface area (Å²) in [5.41, 5.74) is 8.35. The van der Waals surface area contributed by atoms with E-state index in [2.05, 4.69) is 10.0 Å². The number of aliphatic hydroxyl groups excluding tert-OH is 1. The highest BCUT2D eigenvalue weighted by molar-refractivity contribution is 5.89. The molecule has 0 radical (unpaired) electrons. The van der Waals surface area contributed by atoms with Gasteiger partial charge in [0.05, 0.1) is 24.5 Å². The Morgan fingerprint density at radius 3 is 3.00 bits per heavy atom. The minimum absolute atomic E-state index is 0.146. The predicted octanol–water partition coefficient (Wildman–Crippen LogP) is 2.08. The first kappa shape index (κ1) is 12.2. The molecule has 0 spiro atoms. The van der Waals surface area contributed by atoms with E-state index in [0.29, 0.717) is 0 Å². The van der Waals surface area contributed by atoms with Crippen molar-refractivity contribution >= 4 is 17.5 Å². The third kappa shape index (κ3) is 2.20. The van der Waals surface area contributed by atoms with Crippen molar-refractivity contribution in [2.75, 3.05) is 18.1 Å². The predicted molar refractivity (Wildman–Crippen MR) is 59.9 cm³/mol. The van der Waals surface area contributed by atoms with Crippen LogP contribution in [0.5, 0.6) is 0 Å². The topological polar surface area (TPSA) is 98.5 Å². The zero-order valence-corrected chi connectivity index (χ0v) is 9.15. The molecule has 0 aliphatic carbocycles. The summed E-state index contributed by atoms with van der Waals surface area (Å²) in [6.45, 7) is -0.142. The fourth-order valence-corrected chi connectivity index (χ4v) is 1.62. The van der Waals surface area contributed by atoms with Crippen LogP contribution in [0, 0.1) is 5.82 Å². The molecule has 1 heterocycles. The van der Waals surface area contributed by atoms with Crippen molar-refractivity contribution in [3.8, 4) is 0 Å². The molecule has 1 saturated heterocycles. The van der Waals surface area contributed by atoms with Crippen molar-refractivity contribution in [2.45, 2.75) is 6.10 Å². The average Bonchev–Trinajstić information content (AvgIpc) is 2.73. The summed E-state index contributed by atoms with van der Waals surface area (Å²) >= 11 is 0. The minimum atomic E-state index is -0.731. The highest BCUT2D eigenvalue weighted by atomic mass is 19.1. The van der Waals surface area contributed by atoms with Crippen LogP contribution in [0.3, 0.4) is 0 Å². The van der Waals surface area contributed by atoms with E-state index in [4.69, 9.17) is 15.4 Å². The van der Waals surface area contributed by atoms with Crippen LogP contribution in [0.1, 0.15) is 0 Å². The molecule has 0 unspecified atom stereocenters. The molecule has 1 aromatic carbocycles. The highest BCUT2D eigenvalue weighted by Gasteiger charge is 2.32.